The summed E-state index contributed by atoms with van der Waals surface area (Å²) in [5.41, 5.74) is 0. The van der Waals surface area contributed by atoms with Crippen molar-refractivity contribution in [3.8, 4) is 0 Å². The third-order valence-corrected chi connectivity index (χ3v) is 3.05. The Bertz CT molecular complexity index is 304. The highest BCUT2D eigenvalue weighted by molar-refractivity contribution is 7.96. The first-order chi connectivity index (χ1) is 8.13. The lowest BCUT2D eigenvalue weighted by Gasteiger charge is -2.25. The van der Waals surface area contributed by atoms with Gasteiger partial charge in [0.05, 0.1) is 0 Å². The SMILES string of the molecule is CNC(=O)CC1CCCCC=CC1OC(=O)S. The molecule has 4 nitrogen and oxygen atoms in total. The van der Waals surface area contributed by atoms with Crippen LogP contribution in [0.3, 0.4) is 0 Å². The van der Waals surface area contributed by atoms with E-state index in [2.05, 4.69) is 17.9 Å². The van der Waals surface area contributed by atoms with Crippen molar-refractivity contribution in [3.63, 3.8) is 0 Å². The number of amides is 1. The van der Waals surface area contributed by atoms with Crippen molar-refractivity contribution in [1.82, 2.24) is 5.32 Å². The Morgan fingerprint density at radius 1 is 1.47 bits per heavy atom. The molecule has 96 valence electrons. The number of nitrogens with one attached hydrogen (secondary N) is 1. The van der Waals surface area contributed by atoms with Crippen LogP contribution in [-0.4, -0.2) is 24.4 Å². The van der Waals surface area contributed by atoms with E-state index in [0.29, 0.717) is 6.42 Å². The minimum atomic E-state index is -0.595. The molecule has 0 fully saturated rings. The molecule has 0 bridgehead atoms. The van der Waals surface area contributed by atoms with Crippen LogP contribution in [-0.2, 0) is 9.53 Å². The van der Waals surface area contributed by atoms with Crippen LogP contribution in [0.15, 0.2) is 12.2 Å². The standard InChI is InChI=1S/C12H19NO3S/c1-13-11(14)8-9-6-4-2-3-5-7-10(9)16-12(15)17/h5,7,9-10H,2-4,6,8H2,1H3,(H,13,14)(H,15,17). The normalized spacial score (nSPS) is 24.6. The zero-order chi connectivity index (χ0) is 12.7. The van der Waals surface area contributed by atoms with Crippen molar-refractivity contribution in [1.29, 1.82) is 0 Å². The molecule has 0 saturated carbocycles. The van der Waals surface area contributed by atoms with Gasteiger partial charge in [0.2, 0.25) is 5.91 Å². The fraction of sp³-hybridized carbons (Fsp3) is 0.667. The van der Waals surface area contributed by atoms with Crippen LogP contribution in [0.4, 0.5) is 4.79 Å². The molecule has 1 aliphatic carbocycles. The number of hydrogen-bond donors (Lipinski definition) is 2. The van der Waals surface area contributed by atoms with Crippen LogP contribution in [0.1, 0.15) is 32.1 Å². The Hall–Kier alpha value is -0.970. The quantitative estimate of drug-likeness (QED) is 0.463. The number of carbonyl (C=O) groups is 2. The summed E-state index contributed by atoms with van der Waals surface area (Å²) in [5, 5.41) is 2.00. The third-order valence-electron chi connectivity index (χ3n) is 2.95. The Morgan fingerprint density at radius 3 is 2.88 bits per heavy atom. The third kappa shape index (κ3) is 5.26. The largest absolute Gasteiger partial charge is 0.450 e. The van der Waals surface area contributed by atoms with E-state index >= 15 is 0 Å². The van der Waals surface area contributed by atoms with Gasteiger partial charge >= 0.3 is 5.30 Å². The second kappa shape index (κ2) is 7.37. The number of allylic oxidation sites excluding steroid dienone is 1. The number of carbonyl (C=O) groups excluding carboxylic acids is 2. The lowest BCUT2D eigenvalue weighted by atomic mass is 9.89. The van der Waals surface area contributed by atoms with E-state index in [-0.39, 0.29) is 17.9 Å². The van der Waals surface area contributed by atoms with Gasteiger partial charge in [0, 0.05) is 19.4 Å². The molecule has 0 aromatic carbocycles. The Balaban J connectivity index is 2.69. The van der Waals surface area contributed by atoms with Gasteiger partial charge in [-0.15, -0.1) is 0 Å². The van der Waals surface area contributed by atoms with Crippen molar-refractivity contribution in [3.05, 3.63) is 12.2 Å². The molecule has 0 spiro atoms. The molecule has 5 heteroatoms. The minimum absolute atomic E-state index is 0.0239. The molecule has 0 saturated heterocycles. The van der Waals surface area contributed by atoms with Crippen LogP contribution in [0.5, 0.6) is 0 Å². The first-order valence-corrected chi connectivity index (χ1v) is 6.35. The van der Waals surface area contributed by atoms with E-state index in [9.17, 15) is 9.59 Å². The van der Waals surface area contributed by atoms with Gasteiger partial charge in [-0.3, -0.25) is 4.79 Å². The lowest BCUT2D eigenvalue weighted by molar-refractivity contribution is -0.122. The lowest BCUT2D eigenvalue weighted by Crippen LogP contribution is -2.30. The monoisotopic (exact) mass is 257 g/mol. The van der Waals surface area contributed by atoms with Crippen LogP contribution >= 0.6 is 12.6 Å². The van der Waals surface area contributed by atoms with Gasteiger partial charge in [0.25, 0.3) is 0 Å². The molecule has 2 unspecified atom stereocenters. The van der Waals surface area contributed by atoms with E-state index in [1.165, 1.54) is 0 Å². The average Bonchev–Trinajstić information content (AvgIpc) is 2.26. The van der Waals surface area contributed by atoms with E-state index in [1.807, 2.05) is 12.2 Å². The molecule has 0 aromatic rings. The van der Waals surface area contributed by atoms with Crippen molar-refractivity contribution < 1.29 is 14.3 Å². The maximum absolute atomic E-state index is 11.4. The molecule has 0 heterocycles. The zero-order valence-electron chi connectivity index (χ0n) is 10.0. The van der Waals surface area contributed by atoms with Crippen LogP contribution in [0.25, 0.3) is 0 Å². The predicted octanol–water partition coefficient (Wildman–Crippen LogP) is 2.30. The van der Waals surface area contributed by atoms with Gasteiger partial charge < -0.3 is 10.1 Å². The highest BCUT2D eigenvalue weighted by Crippen LogP contribution is 2.24. The predicted molar refractivity (Wildman–Crippen MR) is 69.0 cm³/mol. The molecular weight excluding hydrogens is 238 g/mol. The summed E-state index contributed by atoms with van der Waals surface area (Å²) in [7, 11) is 1.61. The van der Waals surface area contributed by atoms with Gasteiger partial charge in [-0.1, -0.05) is 25.1 Å². The number of hydrogen-bond acceptors (Lipinski definition) is 3. The summed E-state index contributed by atoms with van der Waals surface area (Å²) in [4.78, 5) is 22.3. The maximum Gasteiger partial charge on any atom is 0.364 e. The Kier molecular flexibility index (Phi) is 6.11. The van der Waals surface area contributed by atoms with Crippen LogP contribution in [0, 0.1) is 5.92 Å². The topological polar surface area (TPSA) is 55.4 Å². The van der Waals surface area contributed by atoms with Gasteiger partial charge in [-0.2, -0.15) is 0 Å². The molecule has 2 atom stereocenters. The second-order valence-electron chi connectivity index (χ2n) is 4.20. The summed E-state index contributed by atoms with van der Waals surface area (Å²) in [6.07, 6.45) is 7.98. The molecule has 1 aliphatic rings. The smallest absolute Gasteiger partial charge is 0.364 e. The van der Waals surface area contributed by atoms with Crippen LogP contribution < -0.4 is 5.32 Å². The summed E-state index contributed by atoms with van der Waals surface area (Å²) >= 11 is 3.63. The second-order valence-corrected chi connectivity index (χ2v) is 4.56. The molecule has 1 N–H and O–H groups in total. The number of thiol groups is 1. The van der Waals surface area contributed by atoms with Crippen molar-refractivity contribution in [2.45, 2.75) is 38.2 Å². The van der Waals surface area contributed by atoms with E-state index < -0.39 is 5.30 Å². The highest BCUT2D eigenvalue weighted by atomic mass is 32.1. The zero-order valence-corrected chi connectivity index (χ0v) is 10.9. The van der Waals surface area contributed by atoms with Gasteiger partial charge in [-0.05, 0) is 25.3 Å². The molecule has 1 amide bonds. The van der Waals surface area contributed by atoms with Crippen LogP contribution in [0.2, 0.25) is 0 Å². The molecule has 0 aliphatic heterocycles. The first kappa shape index (κ1) is 14.1. The fourth-order valence-corrected chi connectivity index (χ4v) is 2.15. The number of rotatable bonds is 3. The number of ether oxygens (including phenoxy) is 1. The Morgan fingerprint density at radius 2 is 2.24 bits per heavy atom. The summed E-state index contributed by atoms with van der Waals surface area (Å²) < 4.78 is 5.14. The van der Waals surface area contributed by atoms with E-state index in [4.69, 9.17) is 4.74 Å². The average molecular weight is 257 g/mol. The van der Waals surface area contributed by atoms with E-state index in [1.54, 1.807) is 7.05 Å². The first-order valence-electron chi connectivity index (χ1n) is 5.90. The van der Waals surface area contributed by atoms with Crippen molar-refractivity contribution in [2.24, 2.45) is 5.92 Å². The highest BCUT2D eigenvalue weighted by Gasteiger charge is 2.25. The summed E-state index contributed by atoms with van der Waals surface area (Å²) in [6.45, 7) is 0. The summed E-state index contributed by atoms with van der Waals surface area (Å²) in [5.74, 6) is 0.0202. The minimum Gasteiger partial charge on any atom is -0.450 e. The molecule has 0 radical (unpaired) electrons. The van der Waals surface area contributed by atoms with Gasteiger partial charge in [0.1, 0.15) is 6.10 Å². The molecule has 1 rings (SSSR count). The maximum atomic E-state index is 11.4. The molecule has 0 aromatic heterocycles. The Labute approximate surface area is 107 Å². The van der Waals surface area contributed by atoms with Crippen molar-refractivity contribution in [2.75, 3.05) is 7.05 Å². The summed E-state index contributed by atoms with van der Waals surface area (Å²) in [6, 6.07) is 0. The van der Waals surface area contributed by atoms with Crippen molar-refractivity contribution >= 4 is 23.8 Å². The van der Waals surface area contributed by atoms with Gasteiger partial charge in [0.15, 0.2) is 0 Å². The van der Waals surface area contributed by atoms with E-state index in [0.717, 1.165) is 25.7 Å². The molecule has 17 heavy (non-hydrogen) atoms. The van der Waals surface area contributed by atoms with Gasteiger partial charge in [-0.25, -0.2) is 4.79 Å². The fourth-order valence-electron chi connectivity index (χ4n) is 2.03. The molecular formula is C12H19NO3S.